The molecule has 0 aliphatic carbocycles. The number of benzene rings is 3. The summed E-state index contributed by atoms with van der Waals surface area (Å²) in [7, 11) is -2.38. The Bertz CT molecular complexity index is 1280. The van der Waals surface area contributed by atoms with Crippen LogP contribution >= 0.6 is 11.6 Å². The largest absolute Gasteiger partial charge is 0.494 e. The highest BCUT2D eigenvalue weighted by Gasteiger charge is 2.22. The van der Waals surface area contributed by atoms with Gasteiger partial charge in [0.2, 0.25) is 10.0 Å². The van der Waals surface area contributed by atoms with E-state index in [9.17, 15) is 13.2 Å². The van der Waals surface area contributed by atoms with Crippen molar-refractivity contribution in [1.29, 1.82) is 0 Å². The van der Waals surface area contributed by atoms with E-state index < -0.39 is 16.1 Å². The standard InChI is InChI=1S/C32H40ClNO5S/c1-3-4-5-6-24-39-29-19-12-26(13-20-29)14-23-31(34-40(36,37)30-21-17-28(33)18-22-30)27-15-10-25(11-16-27)8-7-9-32(35)38-2/h10-13,15-22,31,34H,3-9,14,23-24H2,1-2H3. The predicted molar refractivity (Wildman–Crippen MR) is 160 cm³/mol. The van der Waals surface area contributed by atoms with Gasteiger partial charge in [0.1, 0.15) is 5.75 Å². The van der Waals surface area contributed by atoms with Gasteiger partial charge in [-0.2, -0.15) is 0 Å². The van der Waals surface area contributed by atoms with Gasteiger partial charge in [-0.25, -0.2) is 13.1 Å². The van der Waals surface area contributed by atoms with Crippen LogP contribution in [0.1, 0.15) is 74.6 Å². The first-order chi connectivity index (χ1) is 19.3. The molecule has 0 saturated heterocycles. The zero-order valence-electron chi connectivity index (χ0n) is 23.4. The van der Waals surface area contributed by atoms with Crippen LogP contribution in [-0.2, 0) is 32.4 Å². The molecule has 0 aliphatic heterocycles. The minimum Gasteiger partial charge on any atom is -0.494 e. The van der Waals surface area contributed by atoms with Crippen LogP contribution in [0.3, 0.4) is 0 Å². The number of sulfonamides is 1. The van der Waals surface area contributed by atoms with Gasteiger partial charge in [-0.3, -0.25) is 4.79 Å². The molecular weight excluding hydrogens is 546 g/mol. The third-order valence-electron chi connectivity index (χ3n) is 6.79. The molecule has 1 atom stereocenters. The number of hydrogen-bond donors (Lipinski definition) is 1. The van der Waals surface area contributed by atoms with Crippen LogP contribution in [0.5, 0.6) is 5.75 Å². The number of aryl methyl sites for hydroxylation is 2. The molecule has 1 unspecified atom stereocenters. The summed E-state index contributed by atoms with van der Waals surface area (Å²) in [5.41, 5.74) is 3.06. The third-order valence-corrected chi connectivity index (χ3v) is 8.53. The number of ether oxygens (including phenoxy) is 2. The molecule has 3 aromatic carbocycles. The molecule has 0 fully saturated rings. The molecule has 40 heavy (non-hydrogen) atoms. The third kappa shape index (κ3) is 10.6. The van der Waals surface area contributed by atoms with Gasteiger partial charge in [-0.05, 0) is 85.2 Å². The molecule has 3 aromatic rings. The molecule has 1 N–H and O–H groups in total. The summed E-state index contributed by atoms with van der Waals surface area (Å²) in [6.45, 7) is 2.91. The smallest absolute Gasteiger partial charge is 0.305 e. The average Bonchev–Trinajstić information content (AvgIpc) is 2.96. The van der Waals surface area contributed by atoms with Gasteiger partial charge in [0.05, 0.1) is 18.6 Å². The molecule has 8 heteroatoms. The Balaban J connectivity index is 1.68. The maximum absolute atomic E-state index is 13.2. The molecule has 3 rings (SSSR count). The van der Waals surface area contributed by atoms with Crippen LogP contribution in [0, 0.1) is 0 Å². The van der Waals surface area contributed by atoms with Crippen molar-refractivity contribution >= 4 is 27.6 Å². The second-order valence-electron chi connectivity index (χ2n) is 9.89. The molecule has 0 aliphatic rings. The van der Waals surface area contributed by atoms with E-state index in [1.165, 1.54) is 38.5 Å². The van der Waals surface area contributed by atoms with Gasteiger partial charge >= 0.3 is 5.97 Å². The number of methoxy groups -OCH3 is 1. The summed E-state index contributed by atoms with van der Waals surface area (Å²) in [5.74, 6) is 0.628. The van der Waals surface area contributed by atoms with E-state index >= 15 is 0 Å². The molecule has 0 spiro atoms. The molecular formula is C32H40ClNO5S. The number of nitrogens with one attached hydrogen (secondary N) is 1. The molecule has 0 heterocycles. The number of halogens is 1. The lowest BCUT2D eigenvalue weighted by atomic mass is 9.98. The molecule has 0 bridgehead atoms. The van der Waals surface area contributed by atoms with Crippen LogP contribution in [0.2, 0.25) is 5.02 Å². The SMILES string of the molecule is CCCCCCOc1ccc(CCC(NS(=O)(=O)c2ccc(Cl)cc2)c2ccc(CCCC(=O)OC)cc2)cc1. The number of carbonyl (C=O) groups is 1. The summed E-state index contributed by atoms with van der Waals surface area (Å²) in [6.07, 6.45) is 7.71. The molecule has 0 aromatic heterocycles. The van der Waals surface area contributed by atoms with Crippen molar-refractivity contribution in [3.05, 3.63) is 94.5 Å². The van der Waals surface area contributed by atoms with Crippen molar-refractivity contribution in [2.75, 3.05) is 13.7 Å². The molecule has 216 valence electrons. The van der Waals surface area contributed by atoms with Gasteiger partial charge in [0, 0.05) is 17.5 Å². The van der Waals surface area contributed by atoms with E-state index in [2.05, 4.69) is 11.6 Å². The molecule has 0 amide bonds. The normalized spacial score (nSPS) is 12.2. The second-order valence-corrected chi connectivity index (χ2v) is 12.0. The maximum Gasteiger partial charge on any atom is 0.305 e. The lowest BCUT2D eigenvalue weighted by Crippen LogP contribution is -2.29. The van der Waals surface area contributed by atoms with Crippen LogP contribution in [0.25, 0.3) is 0 Å². The first kappa shape index (κ1) is 31.7. The van der Waals surface area contributed by atoms with Gasteiger partial charge < -0.3 is 9.47 Å². The van der Waals surface area contributed by atoms with Crippen LogP contribution in [0.15, 0.2) is 77.7 Å². The number of carbonyl (C=O) groups excluding carboxylic acids is 1. The van der Waals surface area contributed by atoms with Gasteiger partial charge in [0.15, 0.2) is 0 Å². The minimum atomic E-state index is -3.77. The fourth-order valence-electron chi connectivity index (χ4n) is 4.40. The highest BCUT2D eigenvalue weighted by atomic mass is 35.5. The topological polar surface area (TPSA) is 81.7 Å². The van der Waals surface area contributed by atoms with E-state index in [4.69, 9.17) is 21.1 Å². The number of rotatable bonds is 17. The second kappa shape index (κ2) is 16.4. The number of hydrogen-bond acceptors (Lipinski definition) is 5. The maximum atomic E-state index is 13.2. The van der Waals surface area contributed by atoms with E-state index in [0.29, 0.717) is 37.3 Å². The first-order valence-corrected chi connectivity index (χ1v) is 15.8. The Labute approximate surface area is 244 Å². The fraction of sp³-hybridized carbons (Fsp3) is 0.406. The highest BCUT2D eigenvalue weighted by molar-refractivity contribution is 7.89. The van der Waals surface area contributed by atoms with E-state index in [1.54, 1.807) is 12.1 Å². The summed E-state index contributed by atoms with van der Waals surface area (Å²) in [4.78, 5) is 11.6. The zero-order valence-corrected chi connectivity index (χ0v) is 25.0. The van der Waals surface area contributed by atoms with Crippen molar-refractivity contribution in [3.8, 4) is 5.75 Å². The number of esters is 1. The van der Waals surface area contributed by atoms with Crippen molar-refractivity contribution < 1.29 is 22.7 Å². The van der Waals surface area contributed by atoms with E-state index in [1.807, 2.05) is 48.5 Å². The summed E-state index contributed by atoms with van der Waals surface area (Å²) < 4.78 is 39.9. The molecule has 6 nitrogen and oxygen atoms in total. The molecule has 0 saturated carbocycles. The van der Waals surface area contributed by atoms with E-state index in [-0.39, 0.29) is 10.9 Å². The van der Waals surface area contributed by atoms with Crippen LogP contribution in [0.4, 0.5) is 0 Å². The minimum absolute atomic E-state index is 0.168. The van der Waals surface area contributed by atoms with Gasteiger partial charge in [0.25, 0.3) is 0 Å². The van der Waals surface area contributed by atoms with Crippen molar-refractivity contribution in [1.82, 2.24) is 4.72 Å². The van der Waals surface area contributed by atoms with Gasteiger partial charge in [-0.15, -0.1) is 0 Å². The Morgan fingerprint density at radius 1 is 0.850 bits per heavy atom. The summed E-state index contributed by atoms with van der Waals surface area (Å²) >= 11 is 5.97. The summed E-state index contributed by atoms with van der Waals surface area (Å²) in [5, 5.41) is 0.478. The zero-order chi connectivity index (χ0) is 28.8. The lowest BCUT2D eigenvalue weighted by molar-refractivity contribution is -0.140. The number of unbranched alkanes of at least 4 members (excludes halogenated alkanes) is 3. The quantitative estimate of drug-likeness (QED) is 0.131. The molecule has 0 radical (unpaired) electrons. The van der Waals surface area contributed by atoms with Crippen molar-refractivity contribution in [2.45, 2.75) is 75.6 Å². The Hall–Kier alpha value is -2.87. The monoisotopic (exact) mass is 585 g/mol. The highest BCUT2D eigenvalue weighted by Crippen LogP contribution is 2.25. The van der Waals surface area contributed by atoms with Crippen molar-refractivity contribution in [2.24, 2.45) is 0 Å². The fourth-order valence-corrected chi connectivity index (χ4v) is 5.79. The average molecular weight is 586 g/mol. The first-order valence-electron chi connectivity index (χ1n) is 14.0. The Morgan fingerprint density at radius 3 is 2.15 bits per heavy atom. The Morgan fingerprint density at radius 2 is 1.50 bits per heavy atom. The van der Waals surface area contributed by atoms with E-state index in [0.717, 1.165) is 35.3 Å². The lowest BCUT2D eigenvalue weighted by Gasteiger charge is -2.20. The van der Waals surface area contributed by atoms with Gasteiger partial charge in [-0.1, -0.05) is 74.2 Å². The predicted octanol–water partition coefficient (Wildman–Crippen LogP) is 7.45. The van der Waals surface area contributed by atoms with Crippen LogP contribution in [-0.4, -0.2) is 28.1 Å². The Kier molecular flexibility index (Phi) is 13.0. The van der Waals surface area contributed by atoms with Crippen LogP contribution < -0.4 is 9.46 Å². The van der Waals surface area contributed by atoms with Crippen molar-refractivity contribution in [3.63, 3.8) is 0 Å². The summed E-state index contributed by atoms with van der Waals surface area (Å²) in [6, 6.07) is 21.6.